The number of carbonyl (C=O) groups is 6. The van der Waals surface area contributed by atoms with Crippen LogP contribution in [0.5, 0.6) is 0 Å². The van der Waals surface area contributed by atoms with Gasteiger partial charge in [-0.2, -0.15) is 0 Å². The predicted molar refractivity (Wildman–Crippen MR) is 147 cm³/mol. The standard InChI is InChI=1S/C29H38O13/c1-9-21(30)37-15-28(16-38-22(31)10-2,17-39-23(32)11-3)14-36-18-29(19-40-24(33)12-4,20-41-25(34)13-5)42-26(35)27(6,7)8/h9-13H,1-5,14-20H2,6-8H3. The second-order valence-corrected chi connectivity index (χ2v) is 9.87. The van der Waals surface area contributed by atoms with Crippen LogP contribution >= 0.6 is 0 Å². The van der Waals surface area contributed by atoms with Gasteiger partial charge in [-0.05, 0) is 20.8 Å². The van der Waals surface area contributed by atoms with E-state index in [1.807, 2.05) is 0 Å². The Morgan fingerprint density at radius 1 is 0.500 bits per heavy atom. The number of carbonyl (C=O) groups excluding carboxylic acids is 6. The third-order valence-electron chi connectivity index (χ3n) is 5.05. The molecule has 0 aliphatic heterocycles. The summed E-state index contributed by atoms with van der Waals surface area (Å²) in [5, 5.41) is 0. The molecular weight excluding hydrogens is 556 g/mol. The van der Waals surface area contributed by atoms with E-state index in [9.17, 15) is 28.8 Å². The lowest BCUT2D eigenvalue weighted by atomic mass is 9.92. The van der Waals surface area contributed by atoms with Crippen LogP contribution < -0.4 is 0 Å². The lowest BCUT2D eigenvalue weighted by molar-refractivity contribution is -0.202. The molecule has 0 aromatic heterocycles. The van der Waals surface area contributed by atoms with E-state index in [4.69, 9.17) is 33.2 Å². The number of ether oxygens (including phenoxy) is 7. The van der Waals surface area contributed by atoms with Gasteiger partial charge in [0.2, 0.25) is 5.60 Å². The van der Waals surface area contributed by atoms with Crippen molar-refractivity contribution in [2.24, 2.45) is 10.8 Å². The van der Waals surface area contributed by atoms with Gasteiger partial charge in [0.05, 0.1) is 24.0 Å². The average Bonchev–Trinajstić information content (AvgIpc) is 2.97. The molecule has 0 fully saturated rings. The minimum absolute atomic E-state index is 0.466. The molecule has 0 bridgehead atoms. The lowest BCUT2D eigenvalue weighted by Gasteiger charge is -2.36. The molecule has 0 rings (SSSR count). The van der Waals surface area contributed by atoms with Crippen LogP contribution in [0.25, 0.3) is 0 Å². The predicted octanol–water partition coefficient (Wildman–Crippen LogP) is 1.96. The van der Waals surface area contributed by atoms with E-state index in [0.29, 0.717) is 0 Å². The number of hydrogen-bond donors (Lipinski definition) is 0. The Morgan fingerprint density at radius 2 is 0.810 bits per heavy atom. The fourth-order valence-corrected chi connectivity index (χ4v) is 2.64. The summed E-state index contributed by atoms with van der Waals surface area (Å²) >= 11 is 0. The number of rotatable bonds is 20. The summed E-state index contributed by atoms with van der Waals surface area (Å²) in [6.45, 7) is 17.4. The molecule has 0 aliphatic rings. The van der Waals surface area contributed by atoms with Crippen molar-refractivity contribution in [3.63, 3.8) is 0 Å². The molecule has 0 aliphatic carbocycles. The Kier molecular flexibility index (Phi) is 16.1. The van der Waals surface area contributed by atoms with E-state index < -0.39 is 98.5 Å². The van der Waals surface area contributed by atoms with E-state index in [1.165, 1.54) is 0 Å². The van der Waals surface area contributed by atoms with Crippen molar-refractivity contribution in [2.75, 3.05) is 46.2 Å². The van der Waals surface area contributed by atoms with Crippen LogP contribution in [-0.4, -0.2) is 87.7 Å². The largest absolute Gasteiger partial charge is 0.462 e. The minimum Gasteiger partial charge on any atom is -0.462 e. The van der Waals surface area contributed by atoms with Gasteiger partial charge >= 0.3 is 35.8 Å². The van der Waals surface area contributed by atoms with Gasteiger partial charge < -0.3 is 33.2 Å². The topological polar surface area (TPSA) is 167 Å². The molecular formula is C29H38O13. The van der Waals surface area contributed by atoms with Gasteiger partial charge in [-0.25, -0.2) is 24.0 Å². The first-order chi connectivity index (χ1) is 19.6. The maximum Gasteiger partial charge on any atom is 0.330 e. The summed E-state index contributed by atoms with van der Waals surface area (Å²) in [5.41, 5.74) is -4.47. The molecule has 13 nitrogen and oxygen atoms in total. The molecule has 232 valence electrons. The molecule has 0 aromatic carbocycles. The lowest BCUT2D eigenvalue weighted by Crippen LogP contribution is -2.52. The van der Waals surface area contributed by atoms with E-state index >= 15 is 0 Å². The summed E-state index contributed by atoms with van der Waals surface area (Å²) in [4.78, 5) is 72.2. The highest BCUT2D eigenvalue weighted by Crippen LogP contribution is 2.26. The Morgan fingerprint density at radius 3 is 1.10 bits per heavy atom. The molecule has 0 unspecified atom stereocenters. The van der Waals surface area contributed by atoms with E-state index in [2.05, 4.69) is 32.9 Å². The monoisotopic (exact) mass is 594 g/mol. The summed E-state index contributed by atoms with van der Waals surface area (Å²) in [6.07, 6.45) is 4.39. The van der Waals surface area contributed by atoms with Crippen molar-refractivity contribution in [3.05, 3.63) is 63.3 Å². The molecule has 0 atom stereocenters. The van der Waals surface area contributed by atoms with Crippen molar-refractivity contribution in [3.8, 4) is 0 Å². The fourth-order valence-electron chi connectivity index (χ4n) is 2.64. The number of esters is 6. The van der Waals surface area contributed by atoms with Crippen LogP contribution in [0.1, 0.15) is 20.8 Å². The second kappa shape index (κ2) is 18.0. The average molecular weight is 595 g/mol. The van der Waals surface area contributed by atoms with Gasteiger partial charge in [-0.3, -0.25) is 4.79 Å². The SMILES string of the molecule is C=CC(=O)OCC(COCC(COC(=O)C=C)(COC(=O)C=C)OC(=O)C(C)(C)C)(COC(=O)C=C)COC(=O)C=C. The van der Waals surface area contributed by atoms with Crippen LogP contribution in [-0.2, 0) is 61.9 Å². The zero-order valence-corrected chi connectivity index (χ0v) is 24.2. The number of hydrogen-bond acceptors (Lipinski definition) is 13. The quantitative estimate of drug-likeness (QED) is 0.114. The second-order valence-electron chi connectivity index (χ2n) is 9.87. The van der Waals surface area contributed by atoms with Crippen LogP contribution in [0, 0.1) is 10.8 Å². The maximum absolute atomic E-state index is 12.9. The van der Waals surface area contributed by atoms with Gasteiger partial charge in [0, 0.05) is 30.4 Å². The van der Waals surface area contributed by atoms with Gasteiger partial charge in [0.25, 0.3) is 0 Å². The highest BCUT2D eigenvalue weighted by atomic mass is 16.6. The third kappa shape index (κ3) is 14.2. The molecule has 0 radical (unpaired) electrons. The van der Waals surface area contributed by atoms with Gasteiger partial charge in [-0.1, -0.05) is 32.9 Å². The smallest absolute Gasteiger partial charge is 0.330 e. The summed E-state index contributed by atoms with van der Waals surface area (Å²) in [5.74, 6) is -5.04. The molecule has 0 aromatic rings. The summed E-state index contributed by atoms with van der Waals surface area (Å²) < 4.78 is 37.2. The summed E-state index contributed by atoms with van der Waals surface area (Å²) in [7, 11) is 0. The Bertz CT molecular complexity index is 964. The Balaban J connectivity index is 6.48. The summed E-state index contributed by atoms with van der Waals surface area (Å²) in [6, 6.07) is 0. The molecule has 42 heavy (non-hydrogen) atoms. The van der Waals surface area contributed by atoms with Crippen LogP contribution in [0.3, 0.4) is 0 Å². The maximum atomic E-state index is 12.9. The third-order valence-corrected chi connectivity index (χ3v) is 5.05. The molecule has 0 spiro atoms. The highest BCUT2D eigenvalue weighted by Gasteiger charge is 2.43. The van der Waals surface area contributed by atoms with Gasteiger partial charge in [0.15, 0.2) is 0 Å². The normalized spacial score (nSPS) is 11.1. The van der Waals surface area contributed by atoms with E-state index in [1.54, 1.807) is 20.8 Å². The first kappa shape index (κ1) is 37.5. The zero-order valence-electron chi connectivity index (χ0n) is 24.2. The molecule has 0 heterocycles. The fraction of sp³-hybridized carbons (Fsp3) is 0.448. The van der Waals surface area contributed by atoms with E-state index in [-0.39, 0.29) is 0 Å². The zero-order chi connectivity index (χ0) is 32.4. The van der Waals surface area contributed by atoms with Crippen LogP contribution in [0.15, 0.2) is 63.3 Å². The molecule has 0 N–H and O–H groups in total. The molecule has 13 heteroatoms. The molecule has 0 saturated heterocycles. The molecule has 0 saturated carbocycles. The van der Waals surface area contributed by atoms with Crippen molar-refractivity contribution >= 4 is 35.8 Å². The van der Waals surface area contributed by atoms with Gasteiger partial charge in [-0.15, -0.1) is 0 Å². The van der Waals surface area contributed by atoms with E-state index in [0.717, 1.165) is 30.4 Å². The first-order valence-electron chi connectivity index (χ1n) is 12.4. The molecule has 0 amide bonds. The highest BCUT2D eigenvalue weighted by molar-refractivity contribution is 5.83. The van der Waals surface area contributed by atoms with Crippen LogP contribution in [0.2, 0.25) is 0 Å². The van der Waals surface area contributed by atoms with Crippen molar-refractivity contribution in [1.82, 2.24) is 0 Å². The Hall–Kier alpha value is -4.52. The van der Waals surface area contributed by atoms with Gasteiger partial charge in [0.1, 0.15) is 33.0 Å². The van der Waals surface area contributed by atoms with Crippen LogP contribution in [0.4, 0.5) is 0 Å². The van der Waals surface area contributed by atoms with Crippen molar-refractivity contribution < 1.29 is 61.9 Å². The van der Waals surface area contributed by atoms with Crippen molar-refractivity contribution in [1.29, 1.82) is 0 Å². The minimum atomic E-state index is -1.90. The first-order valence-corrected chi connectivity index (χ1v) is 12.4. The van der Waals surface area contributed by atoms with Crippen molar-refractivity contribution in [2.45, 2.75) is 26.4 Å². The Labute approximate surface area is 244 Å².